The first-order chi connectivity index (χ1) is 13.2. The third-order valence-corrected chi connectivity index (χ3v) is 4.74. The number of alkyl halides is 3. The highest BCUT2D eigenvalue weighted by molar-refractivity contribution is 5.96. The lowest BCUT2D eigenvalue weighted by molar-refractivity contribution is -0.138. The van der Waals surface area contributed by atoms with Gasteiger partial charge in [0.05, 0.1) is 5.56 Å². The van der Waals surface area contributed by atoms with E-state index in [9.17, 15) is 22.8 Å². The Labute approximate surface area is 161 Å². The van der Waals surface area contributed by atoms with E-state index in [4.69, 9.17) is 0 Å². The van der Waals surface area contributed by atoms with E-state index < -0.39 is 23.6 Å². The van der Waals surface area contributed by atoms with Crippen LogP contribution in [0.2, 0.25) is 0 Å². The first-order valence-corrected chi connectivity index (χ1v) is 9.04. The van der Waals surface area contributed by atoms with E-state index in [0.717, 1.165) is 6.07 Å². The molecule has 1 aliphatic rings. The summed E-state index contributed by atoms with van der Waals surface area (Å²) < 4.78 is 39.5. The molecule has 148 valence electrons. The number of rotatable bonds is 5. The number of halogens is 3. The van der Waals surface area contributed by atoms with Crippen molar-refractivity contribution in [2.75, 3.05) is 10.6 Å². The van der Waals surface area contributed by atoms with Crippen LogP contribution in [0.4, 0.5) is 24.5 Å². The van der Waals surface area contributed by atoms with E-state index in [1.54, 1.807) is 44.2 Å². The van der Waals surface area contributed by atoms with Gasteiger partial charge >= 0.3 is 6.18 Å². The van der Waals surface area contributed by atoms with Gasteiger partial charge in [0, 0.05) is 23.2 Å². The molecule has 28 heavy (non-hydrogen) atoms. The Hall–Kier alpha value is -2.83. The third-order valence-electron chi connectivity index (χ3n) is 4.74. The van der Waals surface area contributed by atoms with Crippen molar-refractivity contribution < 1.29 is 22.8 Å². The van der Waals surface area contributed by atoms with E-state index in [0.29, 0.717) is 17.8 Å². The smallest absolute Gasteiger partial charge is 0.326 e. The minimum absolute atomic E-state index is 0.110. The highest BCUT2D eigenvalue weighted by Crippen LogP contribution is 2.51. The molecular formula is C21H21F3N2O2. The Morgan fingerprint density at radius 1 is 0.964 bits per heavy atom. The number of carbonyl (C=O) groups is 2. The van der Waals surface area contributed by atoms with Gasteiger partial charge in [-0.25, -0.2) is 0 Å². The van der Waals surface area contributed by atoms with Gasteiger partial charge in [0.2, 0.25) is 11.8 Å². The van der Waals surface area contributed by atoms with Gasteiger partial charge in [0.15, 0.2) is 0 Å². The number of hydrogen-bond donors (Lipinski definition) is 2. The summed E-state index contributed by atoms with van der Waals surface area (Å²) >= 11 is 0. The van der Waals surface area contributed by atoms with Gasteiger partial charge in [-0.15, -0.1) is 0 Å². The molecule has 2 atom stereocenters. The lowest BCUT2D eigenvalue weighted by Crippen LogP contribution is -2.18. The maximum atomic E-state index is 13.2. The van der Waals surface area contributed by atoms with Crippen molar-refractivity contribution in [1.29, 1.82) is 0 Å². The Bertz CT molecular complexity index is 876. The summed E-state index contributed by atoms with van der Waals surface area (Å²) in [6, 6.07) is 12.0. The lowest BCUT2D eigenvalue weighted by Gasteiger charge is -2.12. The third kappa shape index (κ3) is 4.52. The molecule has 0 bridgehead atoms. The van der Waals surface area contributed by atoms with E-state index in [-0.39, 0.29) is 23.3 Å². The van der Waals surface area contributed by atoms with Gasteiger partial charge in [0.25, 0.3) is 0 Å². The zero-order valence-corrected chi connectivity index (χ0v) is 15.5. The van der Waals surface area contributed by atoms with Gasteiger partial charge in [0.1, 0.15) is 0 Å². The second-order valence-electron chi connectivity index (χ2n) is 7.24. The molecule has 3 rings (SSSR count). The SMILES string of the molecule is CC(C)C(=O)Nc1ccc(NC(=O)C2CC2c2ccccc2C(F)(F)F)cc1. The monoisotopic (exact) mass is 390 g/mol. The average Bonchev–Trinajstić information content (AvgIpc) is 3.43. The minimum atomic E-state index is -4.43. The summed E-state index contributed by atoms with van der Waals surface area (Å²) in [6.45, 7) is 3.57. The molecule has 0 heterocycles. The first kappa shape index (κ1) is 19.9. The van der Waals surface area contributed by atoms with E-state index in [1.807, 2.05) is 0 Å². The van der Waals surface area contributed by atoms with Gasteiger partial charge in [-0.1, -0.05) is 32.0 Å². The maximum absolute atomic E-state index is 13.2. The Morgan fingerprint density at radius 3 is 2.11 bits per heavy atom. The quantitative estimate of drug-likeness (QED) is 0.751. The molecule has 0 aliphatic heterocycles. The lowest BCUT2D eigenvalue weighted by atomic mass is 10.0. The number of benzene rings is 2. The van der Waals surface area contributed by atoms with E-state index in [1.165, 1.54) is 12.1 Å². The summed E-state index contributed by atoms with van der Waals surface area (Å²) in [5.41, 5.74) is 0.629. The zero-order valence-electron chi connectivity index (χ0n) is 15.5. The molecule has 1 fully saturated rings. The molecule has 0 radical (unpaired) electrons. The normalized spacial score (nSPS) is 18.6. The van der Waals surface area contributed by atoms with Crippen LogP contribution in [0.25, 0.3) is 0 Å². The largest absolute Gasteiger partial charge is 0.416 e. The molecule has 4 nitrogen and oxygen atoms in total. The molecule has 7 heteroatoms. The molecule has 2 amide bonds. The molecule has 1 saturated carbocycles. The average molecular weight is 390 g/mol. The fraction of sp³-hybridized carbons (Fsp3) is 0.333. The van der Waals surface area contributed by atoms with Crippen molar-refractivity contribution in [3.8, 4) is 0 Å². The summed E-state index contributed by atoms with van der Waals surface area (Å²) in [5, 5.41) is 5.48. The molecule has 2 unspecified atom stereocenters. The summed E-state index contributed by atoms with van der Waals surface area (Å²) in [7, 11) is 0. The summed E-state index contributed by atoms with van der Waals surface area (Å²) in [5.74, 6) is -1.47. The van der Waals surface area contributed by atoms with Crippen LogP contribution in [-0.2, 0) is 15.8 Å². The van der Waals surface area contributed by atoms with Crippen LogP contribution < -0.4 is 10.6 Å². The second kappa shape index (κ2) is 7.66. The van der Waals surface area contributed by atoms with Crippen LogP contribution in [0.1, 0.15) is 37.3 Å². The number of carbonyl (C=O) groups excluding carboxylic acids is 2. The molecule has 0 saturated heterocycles. The topological polar surface area (TPSA) is 58.2 Å². The van der Waals surface area contributed by atoms with Crippen molar-refractivity contribution in [3.63, 3.8) is 0 Å². The second-order valence-corrected chi connectivity index (χ2v) is 7.24. The van der Waals surface area contributed by atoms with Gasteiger partial charge in [-0.2, -0.15) is 13.2 Å². The van der Waals surface area contributed by atoms with Crippen LogP contribution in [0.3, 0.4) is 0 Å². The molecule has 0 aromatic heterocycles. The molecule has 2 N–H and O–H groups in total. The molecule has 0 spiro atoms. The summed E-state index contributed by atoms with van der Waals surface area (Å²) in [4.78, 5) is 24.1. The van der Waals surface area contributed by atoms with Crippen molar-refractivity contribution in [1.82, 2.24) is 0 Å². The predicted octanol–water partition coefficient (Wildman–Crippen LogP) is 5.04. The zero-order chi connectivity index (χ0) is 20.5. The maximum Gasteiger partial charge on any atom is 0.416 e. The van der Waals surface area contributed by atoms with Crippen LogP contribution in [-0.4, -0.2) is 11.8 Å². The number of hydrogen-bond acceptors (Lipinski definition) is 2. The Morgan fingerprint density at radius 2 is 1.54 bits per heavy atom. The number of anilines is 2. The highest BCUT2D eigenvalue weighted by Gasteiger charge is 2.47. The van der Waals surface area contributed by atoms with Gasteiger partial charge in [-0.05, 0) is 48.2 Å². The predicted molar refractivity (Wildman–Crippen MR) is 101 cm³/mol. The molecule has 1 aliphatic carbocycles. The number of amides is 2. The van der Waals surface area contributed by atoms with Crippen LogP contribution in [0.15, 0.2) is 48.5 Å². The first-order valence-electron chi connectivity index (χ1n) is 9.04. The van der Waals surface area contributed by atoms with Crippen LogP contribution in [0.5, 0.6) is 0 Å². The van der Waals surface area contributed by atoms with Crippen LogP contribution in [0, 0.1) is 11.8 Å². The van der Waals surface area contributed by atoms with Crippen molar-refractivity contribution >= 4 is 23.2 Å². The van der Waals surface area contributed by atoms with E-state index >= 15 is 0 Å². The standard InChI is InChI=1S/C21H21F3N2O2/c1-12(2)19(27)25-13-7-9-14(10-8-13)26-20(28)17-11-16(17)15-5-3-4-6-18(15)21(22,23)24/h3-10,12,16-17H,11H2,1-2H3,(H,25,27)(H,26,28). The Balaban J connectivity index is 1.62. The highest BCUT2D eigenvalue weighted by atomic mass is 19.4. The fourth-order valence-corrected chi connectivity index (χ4v) is 3.07. The van der Waals surface area contributed by atoms with Crippen molar-refractivity contribution in [2.45, 2.75) is 32.4 Å². The molecular weight excluding hydrogens is 369 g/mol. The van der Waals surface area contributed by atoms with Gasteiger partial charge in [-0.3, -0.25) is 9.59 Å². The van der Waals surface area contributed by atoms with Crippen molar-refractivity contribution in [2.24, 2.45) is 11.8 Å². The Kier molecular flexibility index (Phi) is 5.45. The number of nitrogens with one attached hydrogen (secondary N) is 2. The molecule has 2 aromatic rings. The van der Waals surface area contributed by atoms with E-state index in [2.05, 4.69) is 10.6 Å². The minimum Gasteiger partial charge on any atom is -0.326 e. The van der Waals surface area contributed by atoms with Crippen molar-refractivity contribution in [3.05, 3.63) is 59.7 Å². The van der Waals surface area contributed by atoms with Gasteiger partial charge < -0.3 is 10.6 Å². The summed E-state index contributed by atoms with van der Waals surface area (Å²) in [6.07, 6.45) is -4.04. The molecule has 2 aromatic carbocycles. The fourth-order valence-electron chi connectivity index (χ4n) is 3.07. The van der Waals surface area contributed by atoms with Crippen LogP contribution >= 0.6 is 0 Å².